The maximum absolute atomic E-state index is 12.6. The van der Waals surface area contributed by atoms with Gasteiger partial charge in [0.2, 0.25) is 5.91 Å². The minimum absolute atomic E-state index is 0.0461. The fourth-order valence-electron chi connectivity index (χ4n) is 2.57. The van der Waals surface area contributed by atoms with Crippen molar-refractivity contribution in [2.45, 2.75) is 26.7 Å². The van der Waals surface area contributed by atoms with Gasteiger partial charge < -0.3 is 9.64 Å². The number of carbonyl (C=O) groups is 2. The predicted molar refractivity (Wildman–Crippen MR) is 90.2 cm³/mol. The Bertz CT molecular complexity index is 720. The van der Waals surface area contributed by atoms with Crippen LogP contribution in [0.25, 0.3) is 10.9 Å². The van der Waals surface area contributed by atoms with Crippen molar-refractivity contribution in [3.63, 3.8) is 0 Å². The second kappa shape index (κ2) is 6.77. The molecule has 0 aliphatic carbocycles. The molecule has 0 aliphatic rings. The van der Waals surface area contributed by atoms with Crippen molar-refractivity contribution < 1.29 is 14.3 Å². The minimum Gasteiger partial charge on any atom is -0.469 e. The highest BCUT2D eigenvalue weighted by Gasteiger charge is 2.28. The van der Waals surface area contributed by atoms with Crippen LogP contribution in [0.15, 0.2) is 36.5 Å². The Labute approximate surface area is 136 Å². The number of pyridine rings is 1. The number of esters is 1. The molecule has 0 unspecified atom stereocenters. The van der Waals surface area contributed by atoms with Crippen LogP contribution in [0.2, 0.25) is 0 Å². The van der Waals surface area contributed by atoms with Gasteiger partial charge in [0, 0.05) is 25.1 Å². The van der Waals surface area contributed by atoms with Crippen molar-refractivity contribution in [3.8, 4) is 0 Å². The van der Waals surface area contributed by atoms with Crippen LogP contribution in [-0.2, 0) is 14.3 Å². The van der Waals surface area contributed by atoms with Crippen molar-refractivity contribution in [1.82, 2.24) is 4.98 Å². The molecule has 0 fully saturated rings. The van der Waals surface area contributed by atoms with E-state index in [1.54, 1.807) is 18.1 Å². The van der Waals surface area contributed by atoms with E-state index >= 15 is 0 Å². The Kier molecular flexibility index (Phi) is 4.98. The van der Waals surface area contributed by atoms with Gasteiger partial charge in [-0.2, -0.15) is 0 Å². The zero-order valence-electron chi connectivity index (χ0n) is 14.0. The molecule has 2 rings (SSSR count). The van der Waals surface area contributed by atoms with Crippen molar-refractivity contribution >= 4 is 28.5 Å². The normalized spacial score (nSPS) is 11.3. The van der Waals surface area contributed by atoms with E-state index < -0.39 is 5.41 Å². The first-order valence-electron chi connectivity index (χ1n) is 7.51. The van der Waals surface area contributed by atoms with Crippen molar-refractivity contribution in [2.24, 2.45) is 5.41 Å². The van der Waals surface area contributed by atoms with Crippen LogP contribution in [0.4, 0.5) is 5.69 Å². The van der Waals surface area contributed by atoms with Gasteiger partial charge in [0.25, 0.3) is 0 Å². The lowest BCUT2D eigenvalue weighted by Gasteiger charge is -2.26. The van der Waals surface area contributed by atoms with Crippen LogP contribution in [0.1, 0.15) is 26.7 Å². The number of aromatic nitrogens is 1. The third kappa shape index (κ3) is 4.06. The molecule has 2 aromatic rings. The molecule has 0 bridgehead atoms. The number of amides is 1. The summed E-state index contributed by atoms with van der Waals surface area (Å²) in [4.78, 5) is 30.0. The molecule has 0 atom stereocenters. The summed E-state index contributed by atoms with van der Waals surface area (Å²) in [7, 11) is 3.10. The first-order chi connectivity index (χ1) is 10.8. The second-order valence-corrected chi connectivity index (χ2v) is 6.39. The zero-order chi connectivity index (χ0) is 17.0. The van der Waals surface area contributed by atoms with Crippen LogP contribution < -0.4 is 4.90 Å². The Morgan fingerprint density at radius 3 is 2.61 bits per heavy atom. The van der Waals surface area contributed by atoms with E-state index in [-0.39, 0.29) is 24.7 Å². The van der Waals surface area contributed by atoms with Gasteiger partial charge in [-0.15, -0.1) is 0 Å². The number of benzene rings is 1. The molecular formula is C18H22N2O3. The fourth-order valence-corrected chi connectivity index (χ4v) is 2.57. The van der Waals surface area contributed by atoms with Crippen LogP contribution in [0.3, 0.4) is 0 Å². The Balaban J connectivity index is 2.20. The number of ether oxygens (including phenoxy) is 1. The molecular weight excluding hydrogens is 292 g/mol. The highest BCUT2D eigenvalue weighted by Crippen LogP contribution is 2.30. The summed E-state index contributed by atoms with van der Waals surface area (Å²) in [5, 5.41) is 0.927. The molecule has 1 amide bonds. The molecule has 122 valence electrons. The van der Waals surface area contributed by atoms with Gasteiger partial charge in [0.05, 0.1) is 24.7 Å². The molecule has 0 spiro atoms. The van der Waals surface area contributed by atoms with Crippen LogP contribution in [0, 0.1) is 5.41 Å². The summed E-state index contributed by atoms with van der Waals surface area (Å²) in [5.41, 5.74) is 1.20. The molecule has 23 heavy (non-hydrogen) atoms. The number of carbonyl (C=O) groups excluding carboxylic acids is 2. The van der Waals surface area contributed by atoms with E-state index in [4.69, 9.17) is 4.74 Å². The van der Waals surface area contributed by atoms with Crippen molar-refractivity contribution in [1.29, 1.82) is 0 Å². The number of rotatable bonds is 5. The first-order valence-corrected chi connectivity index (χ1v) is 7.51. The number of hydrogen-bond acceptors (Lipinski definition) is 4. The maximum Gasteiger partial charge on any atom is 0.306 e. The number of anilines is 1. The van der Waals surface area contributed by atoms with Crippen molar-refractivity contribution in [2.75, 3.05) is 19.1 Å². The monoisotopic (exact) mass is 314 g/mol. The summed E-state index contributed by atoms with van der Waals surface area (Å²) >= 11 is 0. The number of fused-ring (bicyclic) bond motifs is 1. The third-order valence-corrected chi connectivity index (χ3v) is 3.84. The predicted octanol–water partition coefficient (Wildman–Crippen LogP) is 3.18. The lowest BCUT2D eigenvalue weighted by molar-refractivity contribution is -0.143. The van der Waals surface area contributed by atoms with Gasteiger partial charge in [0.1, 0.15) is 0 Å². The Morgan fingerprint density at radius 1 is 1.17 bits per heavy atom. The number of nitrogens with zero attached hydrogens (tertiary/aromatic N) is 2. The Hall–Kier alpha value is -2.43. The van der Waals surface area contributed by atoms with Gasteiger partial charge in [-0.1, -0.05) is 19.9 Å². The maximum atomic E-state index is 12.6. The summed E-state index contributed by atoms with van der Waals surface area (Å²) in [5.74, 6) is -0.352. The van der Waals surface area contributed by atoms with E-state index in [1.165, 1.54) is 7.11 Å². The summed E-state index contributed by atoms with van der Waals surface area (Å²) in [6, 6.07) is 9.49. The average molecular weight is 314 g/mol. The standard InChI is InChI=1S/C18H22N2O3/c1-18(2,12-17(22)23-4)11-16(21)20(3)15-9-5-8-14-13(15)7-6-10-19-14/h5-10H,11-12H2,1-4H3. The quantitative estimate of drug-likeness (QED) is 0.795. The van der Waals surface area contributed by atoms with Crippen molar-refractivity contribution in [3.05, 3.63) is 36.5 Å². The molecule has 1 heterocycles. The van der Waals surface area contributed by atoms with Gasteiger partial charge in [-0.05, 0) is 29.7 Å². The fraction of sp³-hybridized carbons (Fsp3) is 0.389. The minimum atomic E-state index is -0.457. The van der Waals surface area contributed by atoms with Gasteiger partial charge in [-0.3, -0.25) is 14.6 Å². The van der Waals surface area contributed by atoms with Gasteiger partial charge in [0.15, 0.2) is 0 Å². The molecule has 1 aromatic heterocycles. The number of hydrogen-bond donors (Lipinski definition) is 0. The van der Waals surface area contributed by atoms with Crippen LogP contribution in [0.5, 0.6) is 0 Å². The lowest BCUT2D eigenvalue weighted by Crippen LogP contribution is -2.32. The molecule has 0 saturated heterocycles. The van der Waals surface area contributed by atoms with Crippen LogP contribution >= 0.6 is 0 Å². The van der Waals surface area contributed by atoms with Gasteiger partial charge in [-0.25, -0.2) is 0 Å². The molecule has 0 aliphatic heterocycles. The summed E-state index contributed by atoms with van der Waals surface area (Å²) in [6.45, 7) is 3.78. The molecule has 1 aromatic carbocycles. The van der Waals surface area contributed by atoms with E-state index in [9.17, 15) is 9.59 Å². The zero-order valence-corrected chi connectivity index (χ0v) is 14.0. The molecule has 0 radical (unpaired) electrons. The third-order valence-electron chi connectivity index (χ3n) is 3.84. The molecule has 0 N–H and O–H groups in total. The SMILES string of the molecule is COC(=O)CC(C)(C)CC(=O)N(C)c1cccc2ncccc12. The van der Waals surface area contributed by atoms with E-state index in [2.05, 4.69) is 4.98 Å². The topological polar surface area (TPSA) is 59.5 Å². The highest BCUT2D eigenvalue weighted by molar-refractivity contribution is 6.02. The number of methoxy groups -OCH3 is 1. The molecule has 5 nitrogen and oxygen atoms in total. The smallest absolute Gasteiger partial charge is 0.306 e. The summed E-state index contributed by atoms with van der Waals surface area (Å²) < 4.78 is 4.70. The first kappa shape index (κ1) is 16.9. The van der Waals surface area contributed by atoms with E-state index in [0.717, 1.165) is 16.6 Å². The van der Waals surface area contributed by atoms with Gasteiger partial charge >= 0.3 is 5.97 Å². The lowest BCUT2D eigenvalue weighted by atomic mass is 9.85. The Morgan fingerprint density at radius 2 is 1.91 bits per heavy atom. The molecule has 5 heteroatoms. The average Bonchev–Trinajstić information content (AvgIpc) is 2.52. The van der Waals surface area contributed by atoms with E-state index in [0.29, 0.717) is 0 Å². The summed E-state index contributed by atoms with van der Waals surface area (Å²) in [6.07, 6.45) is 2.20. The largest absolute Gasteiger partial charge is 0.469 e. The van der Waals surface area contributed by atoms with E-state index in [1.807, 2.05) is 44.2 Å². The second-order valence-electron chi connectivity index (χ2n) is 6.39. The molecule has 0 saturated carbocycles. The highest BCUT2D eigenvalue weighted by atomic mass is 16.5. The van der Waals surface area contributed by atoms with Crippen LogP contribution in [-0.4, -0.2) is 31.0 Å².